The molecule has 0 bridgehead atoms. The molecule has 0 amide bonds. The van der Waals surface area contributed by atoms with Gasteiger partial charge < -0.3 is 5.73 Å². The molecule has 0 aliphatic heterocycles. The monoisotopic (exact) mass is 399 g/mol. The molecule has 0 spiro atoms. The van der Waals surface area contributed by atoms with Crippen LogP contribution in [0.15, 0.2) is 45.5 Å². The van der Waals surface area contributed by atoms with Gasteiger partial charge in [-0.25, -0.2) is 4.98 Å². The van der Waals surface area contributed by atoms with Gasteiger partial charge >= 0.3 is 0 Å². The van der Waals surface area contributed by atoms with Gasteiger partial charge in [-0.1, -0.05) is 33.6 Å². The minimum absolute atomic E-state index is 0.570. The second kappa shape index (κ2) is 4.81. The van der Waals surface area contributed by atoms with E-state index in [4.69, 9.17) is 17.3 Å². The predicted octanol–water partition coefficient (Wildman–Crippen LogP) is 4.76. The minimum Gasteiger partial charge on any atom is -0.383 e. The topological polar surface area (TPSA) is 43.3 Å². The molecule has 2 aromatic heterocycles. The number of nitrogens with zero attached hydrogens (tertiary/aromatic N) is 2. The Morgan fingerprint density at radius 3 is 2.58 bits per heavy atom. The van der Waals surface area contributed by atoms with Crippen molar-refractivity contribution in [3.8, 4) is 11.3 Å². The van der Waals surface area contributed by atoms with E-state index in [2.05, 4.69) is 36.8 Å². The van der Waals surface area contributed by atoms with Crippen molar-refractivity contribution in [3.05, 3.63) is 50.5 Å². The summed E-state index contributed by atoms with van der Waals surface area (Å²) in [5, 5.41) is 0.614. The Hall–Kier alpha value is -1.04. The van der Waals surface area contributed by atoms with Crippen LogP contribution in [0.3, 0.4) is 0 Å². The Morgan fingerprint density at radius 2 is 1.84 bits per heavy atom. The Kier molecular flexibility index (Phi) is 3.28. The van der Waals surface area contributed by atoms with Crippen LogP contribution in [0, 0.1) is 0 Å². The third-order valence-electron chi connectivity index (χ3n) is 2.81. The lowest BCUT2D eigenvalue weighted by Crippen LogP contribution is -1.94. The Bertz CT molecular complexity index is 783. The first-order chi connectivity index (χ1) is 9.06. The molecule has 96 valence electrons. The lowest BCUT2D eigenvalue weighted by molar-refractivity contribution is 1.18. The first kappa shape index (κ1) is 13.0. The number of aromatic nitrogens is 2. The summed E-state index contributed by atoms with van der Waals surface area (Å²) < 4.78 is 3.70. The fourth-order valence-corrected chi connectivity index (χ4v) is 3.02. The maximum Gasteiger partial charge on any atom is 0.139 e. The summed E-state index contributed by atoms with van der Waals surface area (Å²) in [5.74, 6) is 0.570. The number of rotatable bonds is 1. The molecule has 2 N–H and O–H groups in total. The van der Waals surface area contributed by atoms with E-state index in [0.29, 0.717) is 16.5 Å². The number of hydrogen-bond acceptors (Lipinski definition) is 2. The average molecular weight is 401 g/mol. The molecule has 19 heavy (non-hydrogen) atoms. The predicted molar refractivity (Wildman–Crippen MR) is 85.5 cm³/mol. The summed E-state index contributed by atoms with van der Waals surface area (Å²) in [6, 6.07) is 9.47. The number of benzene rings is 1. The molecule has 1 aromatic carbocycles. The largest absolute Gasteiger partial charge is 0.383 e. The molecule has 2 heterocycles. The molecule has 0 fully saturated rings. The van der Waals surface area contributed by atoms with Crippen molar-refractivity contribution in [2.45, 2.75) is 0 Å². The molecule has 0 unspecified atom stereocenters. The van der Waals surface area contributed by atoms with E-state index in [0.717, 1.165) is 20.2 Å². The smallest absolute Gasteiger partial charge is 0.139 e. The zero-order valence-electron chi connectivity index (χ0n) is 9.57. The van der Waals surface area contributed by atoms with Gasteiger partial charge in [0.2, 0.25) is 0 Å². The second-order valence-electron chi connectivity index (χ2n) is 4.05. The second-order valence-corrected chi connectivity index (χ2v) is 6.28. The van der Waals surface area contributed by atoms with Gasteiger partial charge in [-0.05, 0) is 40.2 Å². The van der Waals surface area contributed by atoms with E-state index in [9.17, 15) is 0 Å². The lowest BCUT2D eigenvalue weighted by atomic mass is 10.1. The fraction of sp³-hybridized carbons (Fsp3) is 0. The summed E-state index contributed by atoms with van der Waals surface area (Å²) >= 11 is 13.1. The number of fused-ring (bicyclic) bond motifs is 1. The number of nitrogens with two attached hydrogens (primary N) is 1. The lowest BCUT2D eigenvalue weighted by Gasteiger charge is -2.03. The maximum absolute atomic E-state index is 6.25. The van der Waals surface area contributed by atoms with Crippen molar-refractivity contribution in [1.29, 1.82) is 0 Å². The number of imidazole rings is 1. The van der Waals surface area contributed by atoms with Crippen molar-refractivity contribution in [2.24, 2.45) is 0 Å². The normalized spacial score (nSPS) is 11.1. The van der Waals surface area contributed by atoms with Crippen molar-refractivity contribution in [1.82, 2.24) is 9.38 Å². The molecule has 3 nitrogen and oxygen atoms in total. The number of pyridine rings is 1. The molecule has 0 saturated heterocycles. The van der Waals surface area contributed by atoms with Crippen molar-refractivity contribution >= 4 is 54.9 Å². The molecule has 0 aliphatic carbocycles. The fourth-order valence-electron chi connectivity index (χ4n) is 1.92. The zero-order chi connectivity index (χ0) is 13.6. The van der Waals surface area contributed by atoms with Crippen molar-refractivity contribution in [3.63, 3.8) is 0 Å². The Labute approximate surface area is 131 Å². The molecular formula is C13H8Br2ClN3. The minimum atomic E-state index is 0.570. The van der Waals surface area contributed by atoms with E-state index in [-0.39, 0.29) is 0 Å². The number of anilines is 1. The first-order valence-electron chi connectivity index (χ1n) is 5.45. The van der Waals surface area contributed by atoms with Crippen LogP contribution >= 0.6 is 43.5 Å². The van der Waals surface area contributed by atoms with Crippen LogP contribution in [0.1, 0.15) is 0 Å². The third kappa shape index (κ3) is 2.26. The van der Waals surface area contributed by atoms with Crippen molar-refractivity contribution in [2.75, 3.05) is 5.73 Å². The highest BCUT2D eigenvalue weighted by Crippen LogP contribution is 2.34. The van der Waals surface area contributed by atoms with Gasteiger partial charge in [-0.2, -0.15) is 0 Å². The highest BCUT2D eigenvalue weighted by Gasteiger charge is 2.14. The van der Waals surface area contributed by atoms with Crippen LogP contribution in [0.25, 0.3) is 16.9 Å². The van der Waals surface area contributed by atoms with Crippen LogP contribution in [0.4, 0.5) is 5.82 Å². The molecule has 0 saturated carbocycles. The quantitative estimate of drug-likeness (QED) is 0.639. The molecule has 6 heteroatoms. The maximum atomic E-state index is 6.25. The average Bonchev–Trinajstić information content (AvgIpc) is 2.67. The summed E-state index contributed by atoms with van der Waals surface area (Å²) in [5.41, 5.74) is 8.45. The summed E-state index contributed by atoms with van der Waals surface area (Å²) in [4.78, 5) is 4.53. The number of hydrogen-bond donors (Lipinski definition) is 1. The van der Waals surface area contributed by atoms with E-state index in [1.165, 1.54) is 0 Å². The Balaban J connectivity index is 2.28. The highest BCUT2D eigenvalue weighted by molar-refractivity contribution is 9.10. The molecule has 0 aliphatic rings. The highest BCUT2D eigenvalue weighted by atomic mass is 79.9. The molecular weight excluding hydrogens is 393 g/mol. The summed E-state index contributed by atoms with van der Waals surface area (Å²) in [6.07, 6.45) is 1.88. The van der Waals surface area contributed by atoms with Gasteiger partial charge in [0.25, 0.3) is 0 Å². The van der Waals surface area contributed by atoms with Gasteiger partial charge in [0.05, 0.1) is 5.02 Å². The third-order valence-corrected chi connectivity index (χ3v) is 4.08. The van der Waals surface area contributed by atoms with E-state index < -0.39 is 0 Å². The molecule has 3 aromatic rings. The van der Waals surface area contributed by atoms with Crippen LogP contribution in [-0.4, -0.2) is 9.38 Å². The zero-order valence-corrected chi connectivity index (χ0v) is 13.5. The van der Waals surface area contributed by atoms with Gasteiger partial charge in [-0.15, -0.1) is 0 Å². The van der Waals surface area contributed by atoms with Gasteiger partial charge in [0, 0.05) is 20.7 Å². The SMILES string of the molecule is Nc1c(-c2ccc(Br)cc2Cl)nc2ccc(Br)cn12. The Morgan fingerprint density at radius 1 is 1.11 bits per heavy atom. The van der Waals surface area contributed by atoms with E-state index in [1.54, 1.807) is 0 Å². The number of nitrogen functional groups attached to an aromatic ring is 1. The van der Waals surface area contributed by atoms with Gasteiger partial charge in [0.15, 0.2) is 0 Å². The molecule has 3 rings (SSSR count). The van der Waals surface area contributed by atoms with Crippen LogP contribution in [0.5, 0.6) is 0 Å². The van der Waals surface area contributed by atoms with E-state index >= 15 is 0 Å². The van der Waals surface area contributed by atoms with Crippen LogP contribution < -0.4 is 5.73 Å². The molecule has 0 radical (unpaired) electrons. The number of halogens is 3. The first-order valence-corrected chi connectivity index (χ1v) is 7.41. The summed E-state index contributed by atoms with van der Waals surface area (Å²) in [6.45, 7) is 0. The van der Waals surface area contributed by atoms with Crippen LogP contribution in [-0.2, 0) is 0 Å². The standard InChI is InChI=1S/C13H8Br2ClN3/c14-7-1-3-9(10(16)5-7)12-13(17)19-6-8(15)2-4-11(19)18-12/h1-6H,17H2. The van der Waals surface area contributed by atoms with Gasteiger partial charge in [0.1, 0.15) is 17.2 Å². The summed E-state index contributed by atoms with van der Waals surface area (Å²) in [7, 11) is 0. The van der Waals surface area contributed by atoms with E-state index in [1.807, 2.05) is 40.9 Å². The molecule has 0 atom stereocenters. The van der Waals surface area contributed by atoms with Crippen molar-refractivity contribution < 1.29 is 0 Å². The van der Waals surface area contributed by atoms with Gasteiger partial charge in [-0.3, -0.25) is 4.40 Å². The van der Waals surface area contributed by atoms with Crippen LogP contribution in [0.2, 0.25) is 5.02 Å².